The Morgan fingerprint density at radius 2 is 2.00 bits per heavy atom. The van der Waals surface area contributed by atoms with Crippen molar-refractivity contribution in [1.29, 1.82) is 0 Å². The maximum absolute atomic E-state index is 12.4. The summed E-state index contributed by atoms with van der Waals surface area (Å²) in [6.07, 6.45) is 2.08. The number of ether oxygens (including phenoxy) is 2. The molecule has 1 heterocycles. The van der Waals surface area contributed by atoms with Gasteiger partial charge in [-0.25, -0.2) is 0 Å². The number of anilines is 1. The van der Waals surface area contributed by atoms with E-state index in [0.29, 0.717) is 23.5 Å². The van der Waals surface area contributed by atoms with Crippen LogP contribution in [0.25, 0.3) is 0 Å². The van der Waals surface area contributed by atoms with Crippen LogP contribution in [0.3, 0.4) is 0 Å². The van der Waals surface area contributed by atoms with Gasteiger partial charge in [-0.3, -0.25) is 9.59 Å². The summed E-state index contributed by atoms with van der Waals surface area (Å²) in [5.74, 6) is 0.111. The molecule has 7 heteroatoms. The molecular formula is C24H29BrN2O4. The first-order valence-corrected chi connectivity index (χ1v) is 11.2. The Kier molecular flexibility index (Phi) is 7.73. The number of rotatable bonds is 7. The van der Waals surface area contributed by atoms with E-state index in [2.05, 4.69) is 47.3 Å². The molecule has 2 aromatic carbocycles. The third kappa shape index (κ3) is 6.80. The molecule has 2 amide bonds. The van der Waals surface area contributed by atoms with E-state index in [1.54, 1.807) is 24.3 Å². The van der Waals surface area contributed by atoms with Crippen LogP contribution in [0.1, 0.15) is 49.5 Å². The second-order valence-corrected chi connectivity index (χ2v) is 9.51. The molecule has 1 saturated heterocycles. The molecule has 6 nitrogen and oxygen atoms in total. The van der Waals surface area contributed by atoms with E-state index in [1.165, 1.54) is 5.56 Å². The maximum Gasteiger partial charge on any atom is 0.262 e. The van der Waals surface area contributed by atoms with Crippen LogP contribution in [0.4, 0.5) is 5.69 Å². The number of benzene rings is 2. The van der Waals surface area contributed by atoms with Gasteiger partial charge in [-0.15, -0.1) is 0 Å². The molecule has 166 valence electrons. The number of carbonyl (C=O) groups excluding carboxylic acids is 2. The zero-order chi connectivity index (χ0) is 22.4. The Bertz CT molecular complexity index is 933. The van der Waals surface area contributed by atoms with Gasteiger partial charge in [0.25, 0.3) is 11.8 Å². The standard InChI is InChI=1S/C24H29BrN2O4/c1-24(2,3)17-9-10-21(20(25)13-17)31-15-22(28)27-18-7-4-6-16(12-18)23(29)26-14-19-8-5-11-30-19/h4,6-7,9-10,12-13,19H,5,8,11,14-15H2,1-3H3,(H,26,29)(H,27,28). The lowest BCUT2D eigenvalue weighted by Gasteiger charge is -2.20. The monoisotopic (exact) mass is 488 g/mol. The zero-order valence-corrected chi connectivity index (χ0v) is 19.8. The van der Waals surface area contributed by atoms with Crippen LogP contribution in [-0.2, 0) is 14.9 Å². The lowest BCUT2D eigenvalue weighted by atomic mass is 9.87. The molecule has 1 atom stereocenters. The van der Waals surface area contributed by atoms with Gasteiger partial charge in [-0.05, 0) is 70.1 Å². The first-order valence-electron chi connectivity index (χ1n) is 10.4. The summed E-state index contributed by atoms with van der Waals surface area (Å²) >= 11 is 3.51. The number of carbonyl (C=O) groups is 2. The van der Waals surface area contributed by atoms with Gasteiger partial charge < -0.3 is 20.1 Å². The number of nitrogens with one attached hydrogen (secondary N) is 2. The van der Waals surface area contributed by atoms with E-state index in [0.717, 1.165) is 23.9 Å². The summed E-state index contributed by atoms with van der Waals surface area (Å²) in [5.41, 5.74) is 2.23. The Morgan fingerprint density at radius 3 is 2.68 bits per heavy atom. The molecule has 1 fully saturated rings. The largest absolute Gasteiger partial charge is 0.483 e. The fraction of sp³-hybridized carbons (Fsp3) is 0.417. The van der Waals surface area contributed by atoms with Crippen molar-refractivity contribution >= 4 is 33.4 Å². The predicted octanol–water partition coefficient (Wildman–Crippen LogP) is 4.67. The normalized spacial score (nSPS) is 16.1. The van der Waals surface area contributed by atoms with Gasteiger partial charge >= 0.3 is 0 Å². The zero-order valence-electron chi connectivity index (χ0n) is 18.2. The minimum absolute atomic E-state index is 0.0276. The second kappa shape index (κ2) is 10.3. The van der Waals surface area contributed by atoms with Crippen LogP contribution >= 0.6 is 15.9 Å². The van der Waals surface area contributed by atoms with Gasteiger partial charge in [-0.2, -0.15) is 0 Å². The molecule has 3 rings (SSSR count). The predicted molar refractivity (Wildman–Crippen MR) is 125 cm³/mol. The average Bonchev–Trinajstić information content (AvgIpc) is 3.24. The molecule has 0 saturated carbocycles. The highest BCUT2D eigenvalue weighted by molar-refractivity contribution is 9.10. The lowest BCUT2D eigenvalue weighted by Crippen LogP contribution is -2.31. The Balaban J connectivity index is 1.52. The summed E-state index contributed by atoms with van der Waals surface area (Å²) in [4.78, 5) is 24.7. The van der Waals surface area contributed by atoms with E-state index in [-0.39, 0.29) is 29.9 Å². The first kappa shape index (κ1) is 23.3. The number of hydrogen-bond donors (Lipinski definition) is 2. The summed E-state index contributed by atoms with van der Waals surface area (Å²) in [5, 5.41) is 5.66. The summed E-state index contributed by atoms with van der Waals surface area (Å²) in [7, 11) is 0. The van der Waals surface area contributed by atoms with Crippen LogP contribution in [0.15, 0.2) is 46.9 Å². The fourth-order valence-corrected chi connectivity index (χ4v) is 3.77. The highest BCUT2D eigenvalue weighted by atomic mass is 79.9. The minimum atomic E-state index is -0.302. The van der Waals surface area contributed by atoms with Gasteiger partial charge in [-0.1, -0.05) is 32.9 Å². The molecule has 0 radical (unpaired) electrons. The topological polar surface area (TPSA) is 76.7 Å². The van der Waals surface area contributed by atoms with E-state index in [9.17, 15) is 9.59 Å². The third-order valence-electron chi connectivity index (χ3n) is 5.08. The SMILES string of the molecule is CC(C)(C)c1ccc(OCC(=O)Nc2cccc(C(=O)NCC3CCCO3)c2)c(Br)c1. The van der Waals surface area contributed by atoms with Crippen molar-refractivity contribution in [1.82, 2.24) is 5.32 Å². The molecule has 0 aromatic heterocycles. The molecule has 1 unspecified atom stereocenters. The van der Waals surface area contributed by atoms with Gasteiger partial charge in [0.1, 0.15) is 5.75 Å². The van der Waals surface area contributed by atoms with E-state index in [1.807, 2.05) is 18.2 Å². The number of halogens is 1. The molecule has 1 aliphatic rings. The maximum atomic E-state index is 12.4. The molecule has 0 bridgehead atoms. The first-order chi connectivity index (χ1) is 14.7. The lowest BCUT2D eigenvalue weighted by molar-refractivity contribution is -0.118. The van der Waals surface area contributed by atoms with Gasteiger partial charge in [0.2, 0.25) is 0 Å². The van der Waals surface area contributed by atoms with Crippen LogP contribution in [-0.4, -0.2) is 37.7 Å². The van der Waals surface area contributed by atoms with Crippen LogP contribution in [0.5, 0.6) is 5.75 Å². The van der Waals surface area contributed by atoms with Gasteiger partial charge in [0.05, 0.1) is 10.6 Å². The Hall–Kier alpha value is -2.38. The Labute approximate surface area is 191 Å². The molecule has 2 aromatic rings. The molecule has 0 aliphatic carbocycles. The second-order valence-electron chi connectivity index (χ2n) is 8.66. The van der Waals surface area contributed by atoms with Crippen molar-refractivity contribution in [2.75, 3.05) is 25.1 Å². The summed E-state index contributed by atoms with van der Waals surface area (Å²) in [6.45, 7) is 7.52. The van der Waals surface area contributed by atoms with Crippen molar-refractivity contribution < 1.29 is 19.1 Å². The van der Waals surface area contributed by atoms with Crippen molar-refractivity contribution in [3.8, 4) is 5.75 Å². The number of hydrogen-bond acceptors (Lipinski definition) is 4. The average molecular weight is 489 g/mol. The van der Waals surface area contributed by atoms with Gasteiger partial charge in [0, 0.05) is 24.4 Å². The molecule has 0 spiro atoms. The van der Waals surface area contributed by atoms with Crippen LogP contribution < -0.4 is 15.4 Å². The van der Waals surface area contributed by atoms with Crippen molar-refractivity contribution in [3.05, 3.63) is 58.1 Å². The third-order valence-corrected chi connectivity index (χ3v) is 5.70. The van der Waals surface area contributed by atoms with E-state index in [4.69, 9.17) is 9.47 Å². The summed E-state index contributed by atoms with van der Waals surface area (Å²) in [6, 6.07) is 12.7. The van der Waals surface area contributed by atoms with E-state index < -0.39 is 0 Å². The molecule has 31 heavy (non-hydrogen) atoms. The minimum Gasteiger partial charge on any atom is -0.483 e. The van der Waals surface area contributed by atoms with Crippen molar-refractivity contribution in [2.24, 2.45) is 0 Å². The highest BCUT2D eigenvalue weighted by Gasteiger charge is 2.18. The van der Waals surface area contributed by atoms with Crippen molar-refractivity contribution in [2.45, 2.75) is 45.1 Å². The Morgan fingerprint density at radius 1 is 1.19 bits per heavy atom. The quantitative estimate of drug-likeness (QED) is 0.593. The number of amides is 2. The molecule has 1 aliphatic heterocycles. The summed E-state index contributed by atoms with van der Waals surface area (Å²) < 4.78 is 12.0. The van der Waals surface area contributed by atoms with E-state index >= 15 is 0 Å². The highest BCUT2D eigenvalue weighted by Crippen LogP contribution is 2.31. The van der Waals surface area contributed by atoms with Crippen molar-refractivity contribution in [3.63, 3.8) is 0 Å². The molecular weight excluding hydrogens is 460 g/mol. The molecule has 2 N–H and O–H groups in total. The van der Waals surface area contributed by atoms with Crippen LogP contribution in [0, 0.1) is 0 Å². The van der Waals surface area contributed by atoms with Crippen LogP contribution in [0.2, 0.25) is 0 Å². The fourth-order valence-electron chi connectivity index (χ4n) is 3.28. The smallest absolute Gasteiger partial charge is 0.262 e. The van der Waals surface area contributed by atoms with Gasteiger partial charge in [0.15, 0.2) is 6.61 Å².